The van der Waals surface area contributed by atoms with Gasteiger partial charge in [-0.1, -0.05) is 0 Å². The van der Waals surface area contributed by atoms with Gasteiger partial charge >= 0.3 is 5.69 Å². The first-order valence-electron chi connectivity index (χ1n) is 6.12. The predicted molar refractivity (Wildman–Crippen MR) is 67.4 cm³/mol. The van der Waals surface area contributed by atoms with Crippen LogP contribution in [0.1, 0.15) is 24.8 Å². The van der Waals surface area contributed by atoms with Crippen LogP contribution in [0.2, 0.25) is 0 Å². The lowest BCUT2D eigenvalue weighted by Gasteiger charge is -2.36. The summed E-state index contributed by atoms with van der Waals surface area (Å²) >= 11 is 0. The molecule has 1 heterocycles. The first-order valence-corrected chi connectivity index (χ1v) is 6.12. The van der Waals surface area contributed by atoms with E-state index in [1.807, 2.05) is 0 Å². The number of nitrogens with zero attached hydrogens (tertiary/aromatic N) is 2. The van der Waals surface area contributed by atoms with Crippen LogP contribution in [-0.2, 0) is 20.6 Å². The van der Waals surface area contributed by atoms with Crippen LogP contribution in [0, 0.1) is 0 Å². The van der Waals surface area contributed by atoms with Gasteiger partial charge in [0.15, 0.2) is 0 Å². The molecule has 0 radical (unpaired) electrons. The number of aliphatic hydroxyl groups is 1. The van der Waals surface area contributed by atoms with Crippen molar-refractivity contribution >= 4 is 0 Å². The quantitative estimate of drug-likeness (QED) is 0.728. The average Bonchev–Trinajstić information content (AvgIpc) is 2.30. The third-order valence-electron chi connectivity index (χ3n) is 3.57. The molecule has 1 aromatic heterocycles. The largest absolute Gasteiger partial charge is 0.389 e. The minimum absolute atomic E-state index is 0.286. The second-order valence-corrected chi connectivity index (χ2v) is 5.09. The smallest absolute Gasteiger partial charge is 0.330 e. The van der Waals surface area contributed by atoms with Crippen LogP contribution in [-0.4, -0.2) is 26.4 Å². The molecule has 6 nitrogen and oxygen atoms in total. The van der Waals surface area contributed by atoms with Crippen molar-refractivity contribution in [2.24, 2.45) is 14.1 Å². The molecule has 0 atom stereocenters. The maximum Gasteiger partial charge on any atom is 0.330 e. The Kier molecular flexibility index (Phi) is 3.41. The van der Waals surface area contributed by atoms with E-state index in [1.54, 1.807) is 13.2 Å². The highest BCUT2D eigenvalue weighted by molar-refractivity contribution is 5.05. The lowest BCUT2D eigenvalue weighted by Crippen LogP contribution is -2.47. The number of rotatable bonds is 4. The molecule has 100 valence electrons. The molecule has 1 aliphatic rings. The van der Waals surface area contributed by atoms with Crippen molar-refractivity contribution in [3.05, 3.63) is 32.6 Å². The van der Waals surface area contributed by atoms with Gasteiger partial charge in [0.05, 0.1) is 5.60 Å². The summed E-state index contributed by atoms with van der Waals surface area (Å²) in [6.07, 6.45) is 4.22. The van der Waals surface area contributed by atoms with Crippen molar-refractivity contribution in [2.75, 3.05) is 6.54 Å². The fourth-order valence-corrected chi connectivity index (χ4v) is 2.20. The lowest BCUT2D eigenvalue weighted by molar-refractivity contribution is -0.0315. The lowest BCUT2D eigenvalue weighted by atomic mass is 9.80. The number of hydrogen-bond acceptors (Lipinski definition) is 4. The molecule has 6 heteroatoms. The minimum Gasteiger partial charge on any atom is -0.389 e. The van der Waals surface area contributed by atoms with Crippen molar-refractivity contribution in [3.63, 3.8) is 0 Å². The van der Waals surface area contributed by atoms with E-state index in [0.29, 0.717) is 18.7 Å². The minimum atomic E-state index is -0.605. The van der Waals surface area contributed by atoms with E-state index >= 15 is 0 Å². The first-order chi connectivity index (χ1) is 8.43. The highest BCUT2D eigenvalue weighted by atomic mass is 16.3. The molecule has 0 spiro atoms. The Morgan fingerprint density at radius 2 is 2.06 bits per heavy atom. The van der Waals surface area contributed by atoms with Crippen molar-refractivity contribution < 1.29 is 5.11 Å². The molecule has 0 amide bonds. The molecular formula is C12H19N3O3. The predicted octanol–water partition coefficient (Wildman–Crippen LogP) is -0.911. The Bertz CT molecular complexity index is 555. The molecule has 1 aliphatic carbocycles. The Morgan fingerprint density at radius 3 is 2.61 bits per heavy atom. The van der Waals surface area contributed by atoms with E-state index < -0.39 is 5.60 Å². The zero-order valence-corrected chi connectivity index (χ0v) is 10.8. The van der Waals surface area contributed by atoms with Crippen LogP contribution >= 0.6 is 0 Å². The summed E-state index contributed by atoms with van der Waals surface area (Å²) < 4.78 is 2.48. The maximum absolute atomic E-state index is 11.8. The number of aryl methyl sites for hydroxylation is 1. The van der Waals surface area contributed by atoms with E-state index in [1.165, 1.54) is 11.6 Å². The first kappa shape index (κ1) is 13.0. The molecule has 0 saturated heterocycles. The summed E-state index contributed by atoms with van der Waals surface area (Å²) in [4.78, 5) is 23.3. The van der Waals surface area contributed by atoms with E-state index in [-0.39, 0.29) is 11.2 Å². The fraction of sp³-hybridized carbons (Fsp3) is 0.667. The van der Waals surface area contributed by atoms with Gasteiger partial charge in [0.2, 0.25) is 0 Å². The van der Waals surface area contributed by atoms with Gasteiger partial charge in [-0.15, -0.1) is 0 Å². The zero-order chi connectivity index (χ0) is 13.3. The van der Waals surface area contributed by atoms with E-state index in [0.717, 1.165) is 23.8 Å². The van der Waals surface area contributed by atoms with E-state index in [4.69, 9.17) is 0 Å². The van der Waals surface area contributed by atoms with E-state index in [9.17, 15) is 14.7 Å². The molecule has 1 aromatic rings. The van der Waals surface area contributed by atoms with Gasteiger partial charge in [-0.05, 0) is 19.3 Å². The maximum atomic E-state index is 11.8. The van der Waals surface area contributed by atoms with Crippen molar-refractivity contribution in [2.45, 2.75) is 31.4 Å². The number of nitrogens with one attached hydrogen (secondary N) is 1. The fourth-order valence-electron chi connectivity index (χ4n) is 2.20. The third-order valence-corrected chi connectivity index (χ3v) is 3.57. The molecule has 0 bridgehead atoms. The summed E-state index contributed by atoms with van der Waals surface area (Å²) in [7, 11) is 3.08. The molecule has 2 rings (SSSR count). The molecule has 1 saturated carbocycles. The summed E-state index contributed by atoms with van der Waals surface area (Å²) in [5, 5.41) is 13.0. The molecule has 0 unspecified atom stereocenters. The average molecular weight is 253 g/mol. The van der Waals surface area contributed by atoms with Crippen LogP contribution in [0.3, 0.4) is 0 Å². The van der Waals surface area contributed by atoms with Crippen molar-refractivity contribution in [1.29, 1.82) is 0 Å². The van der Waals surface area contributed by atoms with Crippen molar-refractivity contribution in [1.82, 2.24) is 14.5 Å². The highest BCUT2D eigenvalue weighted by Gasteiger charge is 2.33. The summed E-state index contributed by atoms with van der Waals surface area (Å²) in [6, 6.07) is 0. The Labute approximate surface area is 105 Å². The molecular weight excluding hydrogens is 234 g/mol. The molecule has 18 heavy (non-hydrogen) atoms. The molecule has 0 aromatic carbocycles. The second kappa shape index (κ2) is 4.70. The SMILES string of the molecule is Cn1cc(CNCC2(O)CCC2)c(=O)n(C)c1=O. The van der Waals surface area contributed by atoms with Gasteiger partial charge in [0.25, 0.3) is 5.56 Å². The zero-order valence-electron chi connectivity index (χ0n) is 10.8. The van der Waals surface area contributed by atoms with E-state index in [2.05, 4.69) is 5.32 Å². The molecule has 1 fully saturated rings. The van der Waals surface area contributed by atoms with Gasteiger partial charge in [0, 0.05) is 38.9 Å². The van der Waals surface area contributed by atoms with Crippen molar-refractivity contribution in [3.8, 4) is 0 Å². The van der Waals surface area contributed by atoms with Crippen LogP contribution in [0.25, 0.3) is 0 Å². The van der Waals surface area contributed by atoms with Gasteiger partial charge < -0.3 is 15.0 Å². The van der Waals surface area contributed by atoms with Gasteiger partial charge in [-0.2, -0.15) is 0 Å². The standard InChI is InChI=1S/C12H19N3O3/c1-14-7-9(10(16)15(2)11(14)17)6-13-8-12(18)4-3-5-12/h7,13,18H,3-6,8H2,1-2H3. The topological polar surface area (TPSA) is 76.3 Å². The summed E-state index contributed by atoms with van der Waals surface area (Å²) in [5.41, 5.74) is -0.693. The van der Waals surface area contributed by atoms with Crippen LogP contribution in [0.5, 0.6) is 0 Å². The Balaban J connectivity index is 2.06. The van der Waals surface area contributed by atoms with Crippen LogP contribution in [0.4, 0.5) is 0 Å². The number of aromatic nitrogens is 2. The molecule has 0 aliphatic heterocycles. The van der Waals surface area contributed by atoms with Crippen LogP contribution in [0.15, 0.2) is 15.8 Å². The normalized spacial score (nSPS) is 17.5. The Hall–Kier alpha value is -1.40. The van der Waals surface area contributed by atoms with Gasteiger partial charge in [-0.3, -0.25) is 9.36 Å². The monoisotopic (exact) mass is 253 g/mol. The Morgan fingerprint density at radius 1 is 1.39 bits per heavy atom. The van der Waals surface area contributed by atoms with Crippen LogP contribution < -0.4 is 16.6 Å². The number of hydrogen-bond donors (Lipinski definition) is 2. The molecule has 2 N–H and O–H groups in total. The van der Waals surface area contributed by atoms with Gasteiger partial charge in [0.1, 0.15) is 0 Å². The third kappa shape index (κ3) is 2.39. The highest BCUT2D eigenvalue weighted by Crippen LogP contribution is 2.30. The summed E-state index contributed by atoms with van der Waals surface area (Å²) in [6.45, 7) is 0.849. The summed E-state index contributed by atoms with van der Waals surface area (Å²) in [5.74, 6) is 0. The second-order valence-electron chi connectivity index (χ2n) is 5.09. The van der Waals surface area contributed by atoms with Gasteiger partial charge in [-0.25, -0.2) is 4.79 Å².